The molecule has 0 saturated heterocycles. The average Bonchev–Trinajstić information content (AvgIpc) is 3.07. The number of nitrogens with zero attached hydrogens (tertiary/aromatic N) is 2. The number of aryl methyl sites for hydroxylation is 1. The van der Waals surface area contributed by atoms with Crippen molar-refractivity contribution in [3.8, 4) is 6.07 Å². The van der Waals surface area contributed by atoms with E-state index in [2.05, 4.69) is 22.6 Å². The summed E-state index contributed by atoms with van der Waals surface area (Å²) in [6.45, 7) is 2.84. The summed E-state index contributed by atoms with van der Waals surface area (Å²) in [6, 6.07) is 5.85. The molecule has 1 aromatic heterocycles. The molecule has 1 heterocycles. The Morgan fingerprint density at radius 1 is 1.56 bits per heavy atom. The van der Waals surface area contributed by atoms with Crippen molar-refractivity contribution in [2.45, 2.75) is 24.5 Å². The lowest BCUT2D eigenvalue weighted by molar-refractivity contribution is 0.936. The van der Waals surface area contributed by atoms with Gasteiger partial charge in [0.05, 0.1) is 5.56 Å². The quantitative estimate of drug-likeness (QED) is 0.868. The van der Waals surface area contributed by atoms with Crippen LogP contribution in [0.25, 0.3) is 0 Å². The molecule has 0 spiro atoms. The summed E-state index contributed by atoms with van der Waals surface area (Å²) in [5, 5.41) is 12.3. The third-order valence-corrected chi connectivity index (χ3v) is 4.39. The molecule has 0 aliphatic heterocycles. The van der Waals surface area contributed by atoms with Crippen molar-refractivity contribution in [1.82, 2.24) is 4.98 Å². The second-order valence-corrected chi connectivity index (χ2v) is 5.48. The third-order valence-electron chi connectivity index (χ3n) is 2.97. The van der Waals surface area contributed by atoms with Crippen molar-refractivity contribution < 1.29 is 0 Å². The van der Waals surface area contributed by atoms with Crippen molar-refractivity contribution in [2.75, 3.05) is 18.1 Å². The highest BCUT2D eigenvalue weighted by molar-refractivity contribution is 8.00. The topological polar surface area (TPSA) is 48.7 Å². The zero-order valence-electron chi connectivity index (χ0n) is 9.58. The normalized spacial score (nSPS) is 16.6. The predicted molar refractivity (Wildman–Crippen MR) is 67.7 cm³/mol. The van der Waals surface area contributed by atoms with Crippen molar-refractivity contribution in [2.24, 2.45) is 0 Å². The second kappa shape index (κ2) is 4.34. The second-order valence-electron chi connectivity index (χ2n) is 4.20. The van der Waals surface area contributed by atoms with E-state index in [-0.39, 0.29) is 0 Å². The Bertz CT molecular complexity index is 432. The minimum atomic E-state index is 0.387. The molecule has 0 amide bonds. The Kier molecular flexibility index (Phi) is 3.06. The van der Waals surface area contributed by atoms with Crippen LogP contribution < -0.4 is 5.32 Å². The van der Waals surface area contributed by atoms with Gasteiger partial charge in [0, 0.05) is 17.0 Å². The maximum absolute atomic E-state index is 8.98. The summed E-state index contributed by atoms with van der Waals surface area (Å²) in [6.07, 6.45) is 4.66. The first-order chi connectivity index (χ1) is 7.69. The van der Waals surface area contributed by atoms with E-state index in [1.54, 1.807) is 0 Å². The molecule has 2 rings (SSSR count). The molecule has 1 saturated carbocycles. The molecule has 0 radical (unpaired) electrons. The maximum Gasteiger partial charge on any atom is 0.144 e. The lowest BCUT2D eigenvalue weighted by Crippen LogP contribution is -2.18. The van der Waals surface area contributed by atoms with Gasteiger partial charge in [-0.15, -0.1) is 0 Å². The van der Waals surface area contributed by atoms with Gasteiger partial charge in [0.1, 0.15) is 11.9 Å². The van der Waals surface area contributed by atoms with Crippen LogP contribution in [0.15, 0.2) is 12.1 Å². The van der Waals surface area contributed by atoms with Crippen LogP contribution in [0.4, 0.5) is 5.82 Å². The van der Waals surface area contributed by atoms with Crippen LogP contribution in [0.3, 0.4) is 0 Å². The summed E-state index contributed by atoms with van der Waals surface area (Å²) in [5.41, 5.74) is 1.57. The number of anilines is 1. The molecule has 0 bridgehead atoms. The molecule has 1 fully saturated rings. The van der Waals surface area contributed by atoms with Gasteiger partial charge in [-0.3, -0.25) is 0 Å². The predicted octanol–water partition coefficient (Wildman–Crippen LogP) is 2.57. The molecule has 0 atom stereocenters. The molecule has 16 heavy (non-hydrogen) atoms. The van der Waals surface area contributed by atoms with Gasteiger partial charge >= 0.3 is 0 Å². The summed E-state index contributed by atoms with van der Waals surface area (Å²) in [4.78, 5) is 4.37. The van der Waals surface area contributed by atoms with Crippen molar-refractivity contribution in [3.63, 3.8) is 0 Å². The summed E-state index contributed by atoms with van der Waals surface area (Å²) in [5.74, 6) is 0.725. The maximum atomic E-state index is 8.98. The Labute approximate surface area is 100 Å². The molecule has 1 aromatic rings. The Balaban J connectivity index is 2.09. The van der Waals surface area contributed by atoms with E-state index < -0.39 is 0 Å². The van der Waals surface area contributed by atoms with E-state index in [0.29, 0.717) is 10.3 Å². The zero-order valence-corrected chi connectivity index (χ0v) is 10.4. The van der Waals surface area contributed by atoms with Crippen LogP contribution in [0, 0.1) is 18.3 Å². The third kappa shape index (κ3) is 2.30. The van der Waals surface area contributed by atoms with E-state index in [1.165, 1.54) is 12.8 Å². The molecular weight excluding hydrogens is 218 g/mol. The highest BCUT2D eigenvalue weighted by atomic mass is 32.2. The van der Waals surface area contributed by atoms with Crippen LogP contribution in [-0.2, 0) is 0 Å². The van der Waals surface area contributed by atoms with Gasteiger partial charge in [-0.2, -0.15) is 17.0 Å². The molecule has 3 nitrogen and oxygen atoms in total. The molecular formula is C12H15N3S. The van der Waals surface area contributed by atoms with Crippen LogP contribution in [0.2, 0.25) is 0 Å². The first kappa shape index (κ1) is 11.3. The van der Waals surface area contributed by atoms with Gasteiger partial charge in [-0.1, -0.05) is 0 Å². The lowest BCUT2D eigenvalue weighted by Gasteiger charge is -2.14. The van der Waals surface area contributed by atoms with Crippen molar-refractivity contribution >= 4 is 17.6 Å². The molecule has 0 unspecified atom stereocenters. The van der Waals surface area contributed by atoms with Crippen LogP contribution >= 0.6 is 11.8 Å². The summed E-state index contributed by atoms with van der Waals surface area (Å²) < 4.78 is 0.387. The Morgan fingerprint density at radius 2 is 2.31 bits per heavy atom. The largest absolute Gasteiger partial charge is 0.368 e. The van der Waals surface area contributed by atoms with Crippen molar-refractivity contribution in [3.05, 3.63) is 23.4 Å². The van der Waals surface area contributed by atoms with E-state index in [1.807, 2.05) is 30.8 Å². The molecule has 1 N–H and O–H groups in total. The van der Waals surface area contributed by atoms with E-state index in [4.69, 9.17) is 5.26 Å². The van der Waals surface area contributed by atoms with E-state index in [0.717, 1.165) is 18.1 Å². The number of aromatic nitrogens is 1. The van der Waals surface area contributed by atoms with E-state index in [9.17, 15) is 0 Å². The minimum Gasteiger partial charge on any atom is -0.368 e. The smallest absolute Gasteiger partial charge is 0.144 e. The van der Waals surface area contributed by atoms with Gasteiger partial charge in [0.25, 0.3) is 0 Å². The standard InChI is InChI=1S/C12H15N3S/c1-9-3-4-10(7-13)11(15-9)14-8-12(16-2)5-6-12/h3-4H,5-6,8H2,1-2H3,(H,14,15). The molecule has 4 heteroatoms. The van der Waals surface area contributed by atoms with Crippen molar-refractivity contribution in [1.29, 1.82) is 5.26 Å². The number of thioether (sulfide) groups is 1. The Hall–Kier alpha value is -1.21. The number of pyridine rings is 1. The lowest BCUT2D eigenvalue weighted by atomic mass is 10.2. The van der Waals surface area contributed by atoms with E-state index >= 15 is 0 Å². The van der Waals surface area contributed by atoms with Gasteiger partial charge in [-0.25, -0.2) is 4.98 Å². The molecule has 1 aliphatic carbocycles. The monoisotopic (exact) mass is 233 g/mol. The number of nitrogens with one attached hydrogen (secondary N) is 1. The molecule has 84 valence electrons. The molecule has 1 aliphatic rings. The van der Waals surface area contributed by atoms with Gasteiger partial charge in [0.15, 0.2) is 0 Å². The number of rotatable bonds is 4. The van der Waals surface area contributed by atoms with Crippen LogP contribution in [0.1, 0.15) is 24.1 Å². The first-order valence-electron chi connectivity index (χ1n) is 5.36. The fourth-order valence-corrected chi connectivity index (χ4v) is 2.35. The number of hydrogen-bond acceptors (Lipinski definition) is 4. The SMILES string of the molecule is CSC1(CNc2nc(C)ccc2C#N)CC1. The summed E-state index contributed by atoms with van der Waals surface area (Å²) in [7, 11) is 0. The van der Waals surface area contributed by atoms with Gasteiger partial charge in [0.2, 0.25) is 0 Å². The number of nitriles is 1. The highest BCUT2D eigenvalue weighted by Gasteiger charge is 2.41. The molecule has 0 aromatic carbocycles. The van der Waals surface area contributed by atoms with Gasteiger partial charge in [-0.05, 0) is 38.2 Å². The zero-order chi connectivity index (χ0) is 11.6. The minimum absolute atomic E-state index is 0.387. The Morgan fingerprint density at radius 3 is 2.88 bits per heavy atom. The first-order valence-corrected chi connectivity index (χ1v) is 6.58. The fraction of sp³-hybridized carbons (Fsp3) is 0.500. The highest BCUT2D eigenvalue weighted by Crippen LogP contribution is 2.47. The van der Waals surface area contributed by atoms with Gasteiger partial charge < -0.3 is 5.32 Å². The van der Waals surface area contributed by atoms with Crippen LogP contribution in [0.5, 0.6) is 0 Å². The average molecular weight is 233 g/mol. The van der Waals surface area contributed by atoms with Crippen LogP contribution in [-0.4, -0.2) is 22.5 Å². The number of hydrogen-bond donors (Lipinski definition) is 1. The fourth-order valence-electron chi connectivity index (χ4n) is 1.62. The summed E-state index contributed by atoms with van der Waals surface area (Å²) >= 11 is 1.90.